The van der Waals surface area contributed by atoms with E-state index in [1.165, 1.54) is 6.33 Å². The van der Waals surface area contributed by atoms with Gasteiger partial charge < -0.3 is 30.2 Å². The van der Waals surface area contributed by atoms with Crippen LogP contribution in [0.2, 0.25) is 0 Å². The minimum Gasteiger partial charge on any atom is -0.383 e. The first kappa shape index (κ1) is 13.9. The Morgan fingerprint density at radius 3 is 2.82 bits per heavy atom. The Balaban J connectivity index is 1.77. The molecule has 0 aliphatic carbocycles. The number of nitrogens with zero attached hydrogens (tertiary/aromatic N) is 3. The van der Waals surface area contributed by atoms with Gasteiger partial charge in [-0.3, -0.25) is 0 Å². The lowest BCUT2D eigenvalue weighted by Gasteiger charge is -2.24. The number of nitrogen functional groups attached to an aromatic ring is 1. The molecule has 0 spiro atoms. The average molecular weight is 305 g/mol. The van der Waals surface area contributed by atoms with Crippen molar-refractivity contribution in [1.82, 2.24) is 14.5 Å². The SMILES string of the molecule is CC1(C)O[C@@H]2[C@H](O1)[C@@H](CN)O[C@H]2n1ccc2c(N)ncnc21. The fraction of sp³-hybridized carbons (Fsp3) is 0.571. The molecule has 4 N–H and O–H groups in total. The predicted molar refractivity (Wildman–Crippen MR) is 78.7 cm³/mol. The van der Waals surface area contributed by atoms with Crippen LogP contribution in [-0.4, -0.2) is 45.2 Å². The van der Waals surface area contributed by atoms with Crippen LogP contribution in [0.25, 0.3) is 11.0 Å². The minimum atomic E-state index is -0.651. The van der Waals surface area contributed by atoms with E-state index in [0.29, 0.717) is 18.0 Å². The maximum atomic E-state index is 6.05. The number of rotatable bonds is 2. The number of nitrogens with two attached hydrogens (primary N) is 2. The third-order valence-electron chi connectivity index (χ3n) is 4.17. The zero-order valence-corrected chi connectivity index (χ0v) is 12.5. The quantitative estimate of drug-likeness (QED) is 0.825. The van der Waals surface area contributed by atoms with Crippen LogP contribution < -0.4 is 11.5 Å². The minimum absolute atomic E-state index is 0.193. The number of fused-ring (bicyclic) bond motifs is 2. The van der Waals surface area contributed by atoms with Crippen molar-refractivity contribution < 1.29 is 14.2 Å². The van der Waals surface area contributed by atoms with E-state index < -0.39 is 5.79 Å². The smallest absolute Gasteiger partial charge is 0.164 e. The normalized spacial score (nSPS) is 33.4. The highest BCUT2D eigenvalue weighted by Gasteiger charge is 2.55. The molecule has 0 saturated carbocycles. The summed E-state index contributed by atoms with van der Waals surface area (Å²) in [5.74, 6) is -0.209. The second-order valence-corrected chi connectivity index (χ2v) is 6.08. The fourth-order valence-electron chi connectivity index (χ4n) is 3.27. The molecule has 4 rings (SSSR count). The van der Waals surface area contributed by atoms with Crippen molar-refractivity contribution in [3.8, 4) is 0 Å². The predicted octanol–water partition coefficient (Wildman–Crippen LogP) is 0.390. The van der Waals surface area contributed by atoms with Crippen LogP contribution in [-0.2, 0) is 14.2 Å². The monoisotopic (exact) mass is 305 g/mol. The average Bonchev–Trinajstić information content (AvgIpc) is 3.10. The fourth-order valence-corrected chi connectivity index (χ4v) is 3.27. The van der Waals surface area contributed by atoms with E-state index in [-0.39, 0.29) is 24.5 Å². The molecule has 0 radical (unpaired) electrons. The summed E-state index contributed by atoms with van der Waals surface area (Å²) in [6.45, 7) is 4.15. The standard InChI is InChI=1S/C14H19N5O3/c1-14(2)21-9-8(5-15)20-13(10(9)22-14)19-4-3-7-11(16)17-6-18-12(7)19/h3-4,6,8-10,13H,5,15H2,1-2H3,(H2,16,17,18)/t8-,9-,10-,13-/m1/s1. The Kier molecular flexibility index (Phi) is 2.92. The highest BCUT2D eigenvalue weighted by Crippen LogP contribution is 2.43. The highest BCUT2D eigenvalue weighted by atomic mass is 16.8. The van der Waals surface area contributed by atoms with E-state index in [4.69, 9.17) is 25.7 Å². The summed E-state index contributed by atoms with van der Waals surface area (Å²) in [4.78, 5) is 8.32. The Labute approximate surface area is 127 Å². The summed E-state index contributed by atoms with van der Waals surface area (Å²) in [5.41, 5.74) is 12.4. The first-order chi connectivity index (χ1) is 10.5. The molecular weight excluding hydrogens is 286 g/mol. The van der Waals surface area contributed by atoms with Crippen molar-refractivity contribution in [2.45, 2.75) is 44.2 Å². The lowest BCUT2D eigenvalue weighted by molar-refractivity contribution is -0.195. The molecular formula is C14H19N5O3. The summed E-state index contributed by atoms with van der Waals surface area (Å²) in [6, 6.07) is 1.87. The molecule has 8 nitrogen and oxygen atoms in total. The molecule has 8 heteroatoms. The molecule has 2 fully saturated rings. The topological polar surface area (TPSA) is 110 Å². The van der Waals surface area contributed by atoms with Crippen molar-refractivity contribution in [2.75, 3.05) is 12.3 Å². The molecule has 22 heavy (non-hydrogen) atoms. The van der Waals surface area contributed by atoms with Gasteiger partial charge in [0.2, 0.25) is 0 Å². The zero-order valence-electron chi connectivity index (χ0n) is 12.5. The maximum absolute atomic E-state index is 6.05. The Morgan fingerprint density at radius 2 is 2.05 bits per heavy atom. The number of hydrogen-bond acceptors (Lipinski definition) is 7. The molecule has 118 valence electrons. The van der Waals surface area contributed by atoms with Gasteiger partial charge in [0.15, 0.2) is 12.0 Å². The van der Waals surface area contributed by atoms with E-state index in [2.05, 4.69) is 9.97 Å². The first-order valence-corrected chi connectivity index (χ1v) is 7.28. The third kappa shape index (κ3) is 1.92. The molecule has 0 aromatic carbocycles. The van der Waals surface area contributed by atoms with E-state index in [0.717, 1.165) is 5.39 Å². The van der Waals surface area contributed by atoms with E-state index >= 15 is 0 Å². The molecule has 2 aromatic heterocycles. The number of hydrogen-bond donors (Lipinski definition) is 2. The summed E-state index contributed by atoms with van der Waals surface area (Å²) >= 11 is 0. The number of ether oxygens (including phenoxy) is 3. The second kappa shape index (κ2) is 4.63. The van der Waals surface area contributed by atoms with Crippen LogP contribution in [0, 0.1) is 0 Å². The van der Waals surface area contributed by atoms with Crippen molar-refractivity contribution in [3.63, 3.8) is 0 Å². The van der Waals surface area contributed by atoms with Crippen LogP contribution in [0.5, 0.6) is 0 Å². The zero-order chi connectivity index (χ0) is 15.5. The molecule has 0 unspecified atom stereocenters. The molecule has 2 aromatic rings. The van der Waals surface area contributed by atoms with Crippen LogP contribution in [0.15, 0.2) is 18.6 Å². The van der Waals surface area contributed by atoms with Gasteiger partial charge in [-0.1, -0.05) is 0 Å². The third-order valence-corrected chi connectivity index (χ3v) is 4.17. The van der Waals surface area contributed by atoms with Crippen molar-refractivity contribution in [3.05, 3.63) is 18.6 Å². The van der Waals surface area contributed by atoms with Gasteiger partial charge >= 0.3 is 0 Å². The maximum Gasteiger partial charge on any atom is 0.164 e. The molecule has 2 aliphatic heterocycles. The molecule has 4 atom stereocenters. The lowest BCUT2D eigenvalue weighted by atomic mass is 10.1. The van der Waals surface area contributed by atoms with Gasteiger partial charge in [0.05, 0.1) is 5.39 Å². The Hall–Kier alpha value is -1.74. The van der Waals surface area contributed by atoms with Crippen LogP contribution in [0.1, 0.15) is 20.1 Å². The van der Waals surface area contributed by atoms with Gasteiger partial charge in [-0.05, 0) is 19.9 Å². The highest BCUT2D eigenvalue weighted by molar-refractivity contribution is 5.86. The van der Waals surface area contributed by atoms with Gasteiger partial charge in [0, 0.05) is 12.7 Å². The van der Waals surface area contributed by atoms with Gasteiger partial charge in [-0.15, -0.1) is 0 Å². The molecule has 0 bridgehead atoms. The summed E-state index contributed by atoms with van der Waals surface area (Å²) in [5, 5.41) is 0.789. The van der Waals surface area contributed by atoms with Gasteiger partial charge in [-0.2, -0.15) is 0 Å². The number of aromatic nitrogens is 3. The summed E-state index contributed by atoms with van der Waals surface area (Å²) in [6.07, 6.45) is 2.32. The van der Waals surface area contributed by atoms with Gasteiger partial charge in [0.1, 0.15) is 36.1 Å². The Morgan fingerprint density at radius 1 is 1.27 bits per heavy atom. The van der Waals surface area contributed by atoms with Crippen molar-refractivity contribution in [1.29, 1.82) is 0 Å². The molecule has 4 heterocycles. The van der Waals surface area contributed by atoms with Gasteiger partial charge in [0.25, 0.3) is 0 Å². The molecule has 0 amide bonds. The summed E-state index contributed by atoms with van der Waals surface area (Å²) < 4.78 is 19.9. The molecule has 2 aliphatic rings. The van der Waals surface area contributed by atoms with E-state index in [9.17, 15) is 0 Å². The van der Waals surface area contributed by atoms with Crippen LogP contribution >= 0.6 is 0 Å². The largest absolute Gasteiger partial charge is 0.383 e. The van der Waals surface area contributed by atoms with Crippen molar-refractivity contribution in [2.24, 2.45) is 5.73 Å². The molecule has 2 saturated heterocycles. The van der Waals surface area contributed by atoms with E-state index in [1.807, 2.05) is 30.7 Å². The van der Waals surface area contributed by atoms with Crippen LogP contribution in [0.3, 0.4) is 0 Å². The lowest BCUT2D eigenvalue weighted by Crippen LogP contribution is -2.34. The first-order valence-electron chi connectivity index (χ1n) is 7.28. The Bertz CT molecular complexity index is 716. The van der Waals surface area contributed by atoms with Crippen molar-refractivity contribution >= 4 is 16.9 Å². The van der Waals surface area contributed by atoms with Gasteiger partial charge in [-0.25, -0.2) is 9.97 Å². The van der Waals surface area contributed by atoms with Crippen LogP contribution in [0.4, 0.5) is 5.82 Å². The van der Waals surface area contributed by atoms with E-state index in [1.54, 1.807) is 0 Å². The second-order valence-electron chi connectivity index (χ2n) is 6.08. The summed E-state index contributed by atoms with van der Waals surface area (Å²) in [7, 11) is 0. The number of anilines is 1.